The van der Waals surface area contributed by atoms with Gasteiger partial charge in [-0.15, -0.1) is 0 Å². The zero-order valence-corrected chi connectivity index (χ0v) is 14.4. The molecule has 0 radical (unpaired) electrons. The average Bonchev–Trinajstić information content (AvgIpc) is 3.01. The second kappa shape index (κ2) is 8.86. The molecule has 1 saturated carbocycles. The van der Waals surface area contributed by atoms with Crippen LogP contribution in [0.4, 0.5) is 0 Å². The molecule has 0 atom stereocenters. The minimum Gasteiger partial charge on any atom is -0.449 e. The highest BCUT2D eigenvalue weighted by atomic mass is 16.3. The number of fused-ring (bicyclic) bond motifs is 1. The molecule has 3 rings (SSSR count). The summed E-state index contributed by atoms with van der Waals surface area (Å²) in [6.45, 7) is 0. The molecule has 1 aliphatic carbocycles. The van der Waals surface area contributed by atoms with E-state index in [2.05, 4.69) is 10.3 Å². The van der Waals surface area contributed by atoms with Crippen LogP contribution in [0, 0.1) is 0 Å². The van der Waals surface area contributed by atoms with Crippen LogP contribution >= 0.6 is 0 Å². The molecule has 0 spiro atoms. The van der Waals surface area contributed by atoms with Gasteiger partial charge in [0.25, 0.3) is 5.91 Å². The van der Waals surface area contributed by atoms with Crippen molar-refractivity contribution in [3.63, 3.8) is 0 Å². The first-order valence-electron chi connectivity index (χ1n) is 9.48. The molecule has 0 saturated heterocycles. The normalized spacial score (nSPS) is 18.7. The third-order valence-electron chi connectivity index (χ3n) is 4.95. The topological polar surface area (TPSA) is 55.1 Å². The Hall–Kier alpha value is -1.84. The first-order valence-corrected chi connectivity index (χ1v) is 9.48. The molecule has 0 aromatic carbocycles. The smallest absolute Gasteiger partial charge is 0.287 e. The fraction of sp³-hybridized carbons (Fsp3) is 0.600. The zero-order valence-electron chi connectivity index (χ0n) is 14.4. The lowest BCUT2D eigenvalue weighted by atomic mass is 9.98. The molecule has 1 N–H and O–H groups in total. The number of nitrogens with one attached hydrogen (secondary N) is 1. The van der Waals surface area contributed by atoms with E-state index in [4.69, 9.17) is 4.42 Å². The summed E-state index contributed by atoms with van der Waals surface area (Å²) in [7, 11) is 0. The highest BCUT2D eigenvalue weighted by Gasteiger charge is 2.17. The molecule has 130 valence electrons. The van der Waals surface area contributed by atoms with Crippen LogP contribution in [-0.2, 0) is 0 Å². The number of pyridine rings is 1. The van der Waals surface area contributed by atoms with Crippen LogP contribution in [-0.4, -0.2) is 16.9 Å². The second-order valence-electron chi connectivity index (χ2n) is 6.93. The fourth-order valence-corrected chi connectivity index (χ4v) is 3.55. The number of furan rings is 1. The van der Waals surface area contributed by atoms with Gasteiger partial charge in [-0.2, -0.15) is 0 Å². The predicted molar refractivity (Wildman–Crippen MR) is 96.1 cm³/mol. The van der Waals surface area contributed by atoms with Crippen LogP contribution in [0.25, 0.3) is 11.1 Å². The molecular formula is C20H28N2O2. The van der Waals surface area contributed by atoms with E-state index in [1.807, 2.05) is 12.1 Å². The highest BCUT2D eigenvalue weighted by Crippen LogP contribution is 2.19. The molecule has 0 aliphatic heterocycles. The van der Waals surface area contributed by atoms with Crippen LogP contribution in [0.15, 0.2) is 28.8 Å². The first-order chi connectivity index (χ1) is 11.8. The largest absolute Gasteiger partial charge is 0.449 e. The van der Waals surface area contributed by atoms with Crippen molar-refractivity contribution in [2.45, 2.75) is 76.7 Å². The average molecular weight is 328 g/mol. The zero-order chi connectivity index (χ0) is 16.6. The third-order valence-corrected chi connectivity index (χ3v) is 4.95. The Morgan fingerprint density at radius 3 is 2.25 bits per heavy atom. The number of nitrogens with zero attached hydrogens (tertiary/aromatic N) is 1. The molecule has 1 fully saturated rings. The van der Waals surface area contributed by atoms with Crippen molar-refractivity contribution < 1.29 is 9.21 Å². The van der Waals surface area contributed by atoms with Crippen LogP contribution in [0.3, 0.4) is 0 Å². The lowest BCUT2D eigenvalue weighted by Crippen LogP contribution is -2.34. The second-order valence-corrected chi connectivity index (χ2v) is 6.93. The van der Waals surface area contributed by atoms with Gasteiger partial charge in [0.15, 0.2) is 11.3 Å². The van der Waals surface area contributed by atoms with E-state index in [1.54, 1.807) is 12.3 Å². The van der Waals surface area contributed by atoms with E-state index in [-0.39, 0.29) is 11.9 Å². The van der Waals surface area contributed by atoms with E-state index < -0.39 is 0 Å². The summed E-state index contributed by atoms with van der Waals surface area (Å²) in [6, 6.07) is 5.66. The molecule has 1 aliphatic rings. The highest BCUT2D eigenvalue weighted by molar-refractivity contribution is 5.95. The maximum absolute atomic E-state index is 12.5. The van der Waals surface area contributed by atoms with Crippen molar-refractivity contribution in [2.75, 3.05) is 0 Å². The van der Waals surface area contributed by atoms with E-state index in [0.717, 1.165) is 18.4 Å². The van der Waals surface area contributed by atoms with Gasteiger partial charge in [-0.25, -0.2) is 0 Å². The van der Waals surface area contributed by atoms with Crippen LogP contribution in [0.5, 0.6) is 0 Å². The van der Waals surface area contributed by atoms with Crippen molar-refractivity contribution in [3.8, 4) is 0 Å². The van der Waals surface area contributed by atoms with Gasteiger partial charge in [0.2, 0.25) is 0 Å². The molecule has 0 unspecified atom stereocenters. The van der Waals surface area contributed by atoms with Crippen molar-refractivity contribution in [1.29, 1.82) is 0 Å². The van der Waals surface area contributed by atoms with Gasteiger partial charge < -0.3 is 9.73 Å². The SMILES string of the molecule is O=C(NC1CCCCCCCCCCC1)c1cc2ncccc2o1. The molecule has 2 aromatic heterocycles. The van der Waals surface area contributed by atoms with E-state index in [1.165, 1.54) is 57.8 Å². The van der Waals surface area contributed by atoms with Crippen LogP contribution in [0.1, 0.15) is 81.2 Å². The maximum Gasteiger partial charge on any atom is 0.287 e. The Bertz CT molecular complexity index is 605. The number of amides is 1. The van der Waals surface area contributed by atoms with Crippen LogP contribution in [0.2, 0.25) is 0 Å². The number of carbonyl (C=O) groups is 1. The third kappa shape index (κ3) is 4.83. The summed E-state index contributed by atoms with van der Waals surface area (Å²) in [5.74, 6) is 0.264. The quantitative estimate of drug-likeness (QED) is 0.821. The number of carbonyl (C=O) groups excluding carboxylic acids is 1. The molecular weight excluding hydrogens is 300 g/mol. The standard InChI is InChI=1S/C20H28N2O2/c23-20(19-15-17-18(24-19)13-10-14-21-17)22-16-11-8-6-4-2-1-3-5-7-9-12-16/h10,13-16H,1-9,11-12H2,(H,22,23). The Kier molecular flexibility index (Phi) is 6.27. The van der Waals surface area contributed by atoms with Gasteiger partial charge >= 0.3 is 0 Å². The van der Waals surface area contributed by atoms with Crippen molar-refractivity contribution in [2.24, 2.45) is 0 Å². The molecule has 24 heavy (non-hydrogen) atoms. The molecule has 2 heterocycles. The molecule has 4 nitrogen and oxygen atoms in total. The summed E-state index contributed by atoms with van der Waals surface area (Å²) in [5, 5.41) is 3.19. The lowest BCUT2D eigenvalue weighted by Gasteiger charge is -2.19. The number of rotatable bonds is 2. The van der Waals surface area contributed by atoms with E-state index in [9.17, 15) is 4.79 Å². The predicted octanol–water partition coefficient (Wildman–Crippen LogP) is 5.23. The van der Waals surface area contributed by atoms with Crippen molar-refractivity contribution in [3.05, 3.63) is 30.2 Å². The number of hydrogen-bond donors (Lipinski definition) is 1. The number of aromatic nitrogens is 1. The summed E-state index contributed by atoms with van der Waals surface area (Å²) < 4.78 is 5.63. The number of hydrogen-bond acceptors (Lipinski definition) is 3. The van der Waals surface area contributed by atoms with Gasteiger partial charge in [-0.3, -0.25) is 9.78 Å². The molecule has 1 amide bonds. The van der Waals surface area contributed by atoms with Gasteiger partial charge in [-0.1, -0.05) is 57.8 Å². The summed E-state index contributed by atoms with van der Waals surface area (Å²) >= 11 is 0. The fourth-order valence-electron chi connectivity index (χ4n) is 3.55. The van der Waals surface area contributed by atoms with Gasteiger partial charge in [0.1, 0.15) is 5.52 Å². The molecule has 4 heteroatoms. The Morgan fingerprint density at radius 2 is 1.62 bits per heavy atom. The van der Waals surface area contributed by atoms with Gasteiger partial charge in [0.05, 0.1) is 0 Å². The Morgan fingerprint density at radius 1 is 1.00 bits per heavy atom. The van der Waals surface area contributed by atoms with Crippen LogP contribution < -0.4 is 5.32 Å². The Balaban J connectivity index is 1.59. The maximum atomic E-state index is 12.5. The van der Waals surface area contributed by atoms with Crippen molar-refractivity contribution >= 4 is 17.0 Å². The minimum absolute atomic E-state index is 0.106. The summed E-state index contributed by atoms with van der Waals surface area (Å²) in [6.07, 6.45) is 15.6. The van der Waals surface area contributed by atoms with Gasteiger partial charge in [-0.05, 0) is 25.0 Å². The first kappa shape index (κ1) is 17.0. The summed E-state index contributed by atoms with van der Waals surface area (Å²) in [4.78, 5) is 16.8. The molecule has 0 bridgehead atoms. The minimum atomic E-state index is -0.106. The van der Waals surface area contributed by atoms with Gasteiger partial charge in [0, 0.05) is 18.3 Å². The Labute approximate surface area is 144 Å². The monoisotopic (exact) mass is 328 g/mol. The van der Waals surface area contributed by atoms with E-state index >= 15 is 0 Å². The summed E-state index contributed by atoms with van der Waals surface area (Å²) in [5.41, 5.74) is 1.41. The van der Waals surface area contributed by atoms with E-state index in [0.29, 0.717) is 11.3 Å². The van der Waals surface area contributed by atoms with Crippen molar-refractivity contribution in [1.82, 2.24) is 10.3 Å². The molecule has 2 aromatic rings. The lowest BCUT2D eigenvalue weighted by molar-refractivity contribution is 0.0905.